The molecule has 0 saturated heterocycles. The number of hydrogen-bond donors (Lipinski definition) is 3. The molecule has 2 amide bonds. The van der Waals surface area contributed by atoms with Gasteiger partial charge < -0.3 is 16.0 Å². The Morgan fingerprint density at radius 2 is 1.54 bits per heavy atom. The van der Waals surface area contributed by atoms with Gasteiger partial charge in [-0.3, -0.25) is 9.59 Å². The molecule has 136 valence electrons. The van der Waals surface area contributed by atoms with Gasteiger partial charge in [0.2, 0.25) is 11.8 Å². The van der Waals surface area contributed by atoms with E-state index in [4.69, 9.17) is 0 Å². The summed E-state index contributed by atoms with van der Waals surface area (Å²) < 4.78 is 0. The maximum Gasteiger partial charge on any atom is 0.243 e. The summed E-state index contributed by atoms with van der Waals surface area (Å²) in [7, 11) is 0. The molecule has 3 rings (SSSR count). The zero-order chi connectivity index (χ0) is 18.7. The van der Waals surface area contributed by atoms with E-state index in [0.29, 0.717) is 0 Å². The molecule has 0 atom stereocenters. The summed E-state index contributed by atoms with van der Waals surface area (Å²) in [4.78, 5) is 24.3. The number of amides is 2. The van der Waals surface area contributed by atoms with Crippen LogP contribution in [0.15, 0.2) is 36.4 Å². The third-order valence-corrected chi connectivity index (χ3v) is 4.72. The van der Waals surface area contributed by atoms with E-state index in [1.807, 2.05) is 57.2 Å². The summed E-state index contributed by atoms with van der Waals surface area (Å²) in [6, 6.07) is 11.6. The molecule has 26 heavy (non-hydrogen) atoms. The Bertz CT molecular complexity index is 821. The van der Waals surface area contributed by atoms with Gasteiger partial charge in [-0.15, -0.1) is 0 Å². The molecule has 0 aromatic heterocycles. The fourth-order valence-electron chi connectivity index (χ4n) is 2.91. The summed E-state index contributed by atoms with van der Waals surface area (Å²) in [6.07, 6.45) is 1.95. The van der Waals surface area contributed by atoms with Crippen LogP contribution in [0.4, 0.5) is 17.1 Å². The van der Waals surface area contributed by atoms with Crippen LogP contribution < -0.4 is 16.0 Å². The third-order valence-electron chi connectivity index (χ3n) is 4.72. The molecule has 1 saturated carbocycles. The van der Waals surface area contributed by atoms with E-state index in [0.717, 1.165) is 46.6 Å². The van der Waals surface area contributed by atoms with Gasteiger partial charge in [0.25, 0.3) is 0 Å². The Balaban J connectivity index is 1.62. The van der Waals surface area contributed by atoms with E-state index in [-0.39, 0.29) is 24.3 Å². The molecule has 0 bridgehead atoms. The van der Waals surface area contributed by atoms with Crippen molar-refractivity contribution in [1.82, 2.24) is 0 Å². The zero-order valence-electron chi connectivity index (χ0n) is 15.5. The van der Waals surface area contributed by atoms with Gasteiger partial charge in [0.05, 0.1) is 6.54 Å². The van der Waals surface area contributed by atoms with Crippen molar-refractivity contribution >= 4 is 28.9 Å². The summed E-state index contributed by atoms with van der Waals surface area (Å²) >= 11 is 0. The molecule has 0 radical (unpaired) electrons. The van der Waals surface area contributed by atoms with Crippen LogP contribution in [0.2, 0.25) is 0 Å². The van der Waals surface area contributed by atoms with Crippen molar-refractivity contribution in [3.8, 4) is 0 Å². The van der Waals surface area contributed by atoms with Crippen molar-refractivity contribution in [2.45, 2.75) is 33.6 Å². The average molecular weight is 351 g/mol. The summed E-state index contributed by atoms with van der Waals surface area (Å²) in [5.74, 6) is 0.140. The molecule has 1 aliphatic rings. The van der Waals surface area contributed by atoms with Gasteiger partial charge in [0.1, 0.15) is 0 Å². The van der Waals surface area contributed by atoms with Gasteiger partial charge in [0.15, 0.2) is 0 Å². The second kappa shape index (κ2) is 7.60. The second-order valence-corrected chi connectivity index (χ2v) is 6.91. The Labute approximate surface area is 154 Å². The molecule has 5 heteroatoms. The van der Waals surface area contributed by atoms with Crippen molar-refractivity contribution in [2.24, 2.45) is 5.92 Å². The number of hydrogen-bond acceptors (Lipinski definition) is 3. The lowest BCUT2D eigenvalue weighted by molar-refractivity contribution is -0.117. The van der Waals surface area contributed by atoms with Crippen LogP contribution in [0.5, 0.6) is 0 Å². The summed E-state index contributed by atoms with van der Waals surface area (Å²) in [5.41, 5.74) is 5.51. The molecular formula is C21H25N3O2. The molecule has 0 unspecified atom stereocenters. The number of rotatable bonds is 6. The van der Waals surface area contributed by atoms with Crippen molar-refractivity contribution in [3.63, 3.8) is 0 Å². The topological polar surface area (TPSA) is 70.2 Å². The molecule has 1 fully saturated rings. The van der Waals surface area contributed by atoms with Crippen LogP contribution in [-0.2, 0) is 9.59 Å². The minimum Gasteiger partial charge on any atom is -0.376 e. The smallest absolute Gasteiger partial charge is 0.243 e. The van der Waals surface area contributed by atoms with Crippen molar-refractivity contribution in [2.75, 3.05) is 22.5 Å². The predicted molar refractivity (Wildman–Crippen MR) is 106 cm³/mol. The van der Waals surface area contributed by atoms with Crippen molar-refractivity contribution in [1.29, 1.82) is 0 Å². The molecule has 0 spiro atoms. The van der Waals surface area contributed by atoms with Crippen LogP contribution in [0.3, 0.4) is 0 Å². The number of carbonyl (C=O) groups is 2. The Morgan fingerprint density at radius 3 is 2.19 bits per heavy atom. The molecular weight excluding hydrogens is 326 g/mol. The Morgan fingerprint density at radius 1 is 0.923 bits per heavy atom. The number of para-hydroxylation sites is 1. The zero-order valence-corrected chi connectivity index (χ0v) is 15.5. The maximum atomic E-state index is 12.3. The van der Waals surface area contributed by atoms with E-state index in [9.17, 15) is 9.59 Å². The molecule has 0 aliphatic heterocycles. The van der Waals surface area contributed by atoms with Crippen molar-refractivity contribution in [3.05, 3.63) is 53.1 Å². The third kappa shape index (κ3) is 4.23. The van der Waals surface area contributed by atoms with Gasteiger partial charge in [0, 0.05) is 23.0 Å². The summed E-state index contributed by atoms with van der Waals surface area (Å²) in [6.45, 7) is 6.06. The second-order valence-electron chi connectivity index (χ2n) is 6.91. The first-order valence-corrected chi connectivity index (χ1v) is 8.96. The number of anilines is 3. The normalized spacial score (nSPS) is 13.2. The van der Waals surface area contributed by atoms with E-state index in [2.05, 4.69) is 16.0 Å². The largest absolute Gasteiger partial charge is 0.376 e. The van der Waals surface area contributed by atoms with Crippen LogP contribution in [-0.4, -0.2) is 18.4 Å². The highest BCUT2D eigenvalue weighted by Crippen LogP contribution is 2.31. The van der Waals surface area contributed by atoms with Crippen LogP contribution in [0.25, 0.3) is 0 Å². The maximum absolute atomic E-state index is 12.3. The molecule has 2 aromatic carbocycles. The highest BCUT2D eigenvalue weighted by atomic mass is 16.2. The van der Waals surface area contributed by atoms with Gasteiger partial charge in [-0.05, 0) is 62.4 Å². The lowest BCUT2D eigenvalue weighted by Crippen LogP contribution is -2.23. The van der Waals surface area contributed by atoms with Crippen molar-refractivity contribution < 1.29 is 9.59 Å². The lowest BCUT2D eigenvalue weighted by atomic mass is 10.1. The predicted octanol–water partition coefficient (Wildman–Crippen LogP) is 4.01. The molecule has 5 nitrogen and oxygen atoms in total. The van der Waals surface area contributed by atoms with Gasteiger partial charge >= 0.3 is 0 Å². The van der Waals surface area contributed by atoms with E-state index in [1.165, 1.54) is 0 Å². The van der Waals surface area contributed by atoms with E-state index in [1.54, 1.807) is 0 Å². The number of carbonyl (C=O) groups excluding carboxylic acids is 2. The number of aryl methyl sites for hydroxylation is 2. The summed E-state index contributed by atoms with van der Waals surface area (Å²) in [5, 5.41) is 9.11. The first-order valence-electron chi connectivity index (χ1n) is 8.96. The number of nitrogens with one attached hydrogen (secondary N) is 3. The standard InChI is InChI=1S/C21H25N3O2/c1-13-6-4-7-14(2)20(13)24-19(25)12-22-17-8-5-9-18(15(17)3)23-21(26)16-10-11-16/h4-9,16,22H,10-12H2,1-3H3,(H,23,26)(H,24,25). The van der Waals surface area contributed by atoms with Crippen LogP contribution in [0, 0.1) is 26.7 Å². The monoisotopic (exact) mass is 351 g/mol. The van der Waals surface area contributed by atoms with E-state index >= 15 is 0 Å². The molecule has 1 aliphatic carbocycles. The van der Waals surface area contributed by atoms with Crippen LogP contribution in [0.1, 0.15) is 29.5 Å². The number of benzene rings is 2. The quantitative estimate of drug-likeness (QED) is 0.736. The first-order chi connectivity index (χ1) is 12.5. The van der Waals surface area contributed by atoms with Gasteiger partial charge in [-0.1, -0.05) is 24.3 Å². The molecule has 3 N–H and O–H groups in total. The minimum absolute atomic E-state index is 0.0815. The molecule has 2 aromatic rings. The Kier molecular flexibility index (Phi) is 5.26. The minimum atomic E-state index is -0.103. The highest BCUT2D eigenvalue weighted by Gasteiger charge is 2.29. The first kappa shape index (κ1) is 18.0. The fraction of sp³-hybridized carbons (Fsp3) is 0.333. The van der Waals surface area contributed by atoms with Gasteiger partial charge in [-0.25, -0.2) is 0 Å². The molecule has 0 heterocycles. The van der Waals surface area contributed by atoms with Crippen LogP contribution >= 0.6 is 0 Å². The van der Waals surface area contributed by atoms with E-state index < -0.39 is 0 Å². The SMILES string of the molecule is Cc1cccc(C)c1NC(=O)CNc1cccc(NC(=O)C2CC2)c1C. The lowest BCUT2D eigenvalue weighted by Gasteiger charge is -2.15. The fourth-order valence-corrected chi connectivity index (χ4v) is 2.91. The average Bonchev–Trinajstić information content (AvgIpc) is 3.44. The Hall–Kier alpha value is -2.82. The van der Waals surface area contributed by atoms with Gasteiger partial charge in [-0.2, -0.15) is 0 Å². The highest BCUT2D eigenvalue weighted by molar-refractivity contribution is 5.97.